The van der Waals surface area contributed by atoms with Gasteiger partial charge in [-0.3, -0.25) is 4.79 Å². The van der Waals surface area contributed by atoms with Gasteiger partial charge in [0.25, 0.3) is 0 Å². The molecule has 4 nitrogen and oxygen atoms in total. The number of carbonyl (C=O) groups is 1. The number of halogens is 1. The Kier molecular flexibility index (Phi) is 5.53. The number of thioether (sulfide) groups is 1. The number of benzene rings is 2. The summed E-state index contributed by atoms with van der Waals surface area (Å²) >= 11 is 1.44. The Morgan fingerprint density at radius 1 is 1.07 bits per heavy atom. The molecule has 0 spiro atoms. The predicted molar refractivity (Wildman–Crippen MR) is 103 cm³/mol. The van der Waals surface area contributed by atoms with Crippen molar-refractivity contribution >= 4 is 17.7 Å². The molecule has 1 fully saturated rings. The first-order valence-electron chi connectivity index (χ1n) is 9.28. The van der Waals surface area contributed by atoms with Crippen LogP contribution >= 0.6 is 11.8 Å². The first-order valence-corrected chi connectivity index (χ1v) is 10.3. The lowest BCUT2D eigenvalue weighted by atomic mass is 10.0. The van der Waals surface area contributed by atoms with Crippen molar-refractivity contribution in [2.75, 3.05) is 25.5 Å². The summed E-state index contributed by atoms with van der Waals surface area (Å²) in [5, 5.41) is 0. The van der Waals surface area contributed by atoms with E-state index in [4.69, 9.17) is 9.47 Å². The Morgan fingerprint density at radius 2 is 1.85 bits per heavy atom. The summed E-state index contributed by atoms with van der Waals surface area (Å²) in [6.07, 6.45) is 2.82. The van der Waals surface area contributed by atoms with E-state index in [0.29, 0.717) is 19.0 Å². The molecule has 0 bridgehead atoms. The second-order valence-corrected chi connectivity index (χ2v) is 7.79. The van der Waals surface area contributed by atoms with Crippen molar-refractivity contribution in [3.8, 4) is 11.5 Å². The highest BCUT2D eigenvalue weighted by Crippen LogP contribution is 2.38. The maximum atomic E-state index is 13.0. The third kappa shape index (κ3) is 4.21. The summed E-state index contributed by atoms with van der Waals surface area (Å²) in [5.74, 6) is 1.75. The third-order valence-corrected chi connectivity index (χ3v) is 5.90. The second kappa shape index (κ2) is 8.21. The Balaban J connectivity index is 1.44. The minimum absolute atomic E-state index is 0.0727. The normalized spacial score (nSPS) is 19.0. The molecule has 0 aliphatic carbocycles. The van der Waals surface area contributed by atoms with Crippen molar-refractivity contribution < 1.29 is 18.7 Å². The Morgan fingerprint density at radius 3 is 2.67 bits per heavy atom. The molecule has 2 aromatic carbocycles. The molecule has 0 saturated carbocycles. The molecular weight excluding hydrogens is 365 g/mol. The van der Waals surface area contributed by atoms with Gasteiger partial charge in [0.1, 0.15) is 5.82 Å². The van der Waals surface area contributed by atoms with Gasteiger partial charge in [-0.2, -0.15) is 0 Å². The van der Waals surface area contributed by atoms with E-state index in [0.717, 1.165) is 47.8 Å². The number of hydrogen-bond donors (Lipinski definition) is 0. The standard InChI is InChI=1S/C21H22FNO3S/c22-16-5-7-17(8-6-16)27-14-21(24)23-10-1-3-18(23)15-4-9-19-20(13-15)26-12-2-11-25-19/h4-9,13,18H,1-3,10-12,14H2. The molecule has 0 aromatic heterocycles. The minimum Gasteiger partial charge on any atom is -0.490 e. The molecule has 0 radical (unpaired) electrons. The minimum atomic E-state index is -0.264. The lowest BCUT2D eigenvalue weighted by Gasteiger charge is -2.25. The third-order valence-electron chi connectivity index (χ3n) is 4.91. The lowest BCUT2D eigenvalue weighted by molar-refractivity contribution is -0.129. The van der Waals surface area contributed by atoms with Gasteiger partial charge in [-0.1, -0.05) is 6.07 Å². The average Bonchev–Trinajstić information content (AvgIpc) is 3.06. The molecule has 142 valence electrons. The summed E-state index contributed by atoms with van der Waals surface area (Å²) in [6, 6.07) is 12.3. The first kappa shape index (κ1) is 18.2. The van der Waals surface area contributed by atoms with Crippen LogP contribution in [0, 0.1) is 5.82 Å². The molecule has 2 aliphatic heterocycles. The SMILES string of the molecule is O=C(CSc1ccc(F)cc1)N1CCCC1c1ccc2c(c1)OCCCO2. The summed E-state index contributed by atoms with van der Waals surface area (Å²) < 4.78 is 24.5. The van der Waals surface area contributed by atoms with Crippen molar-refractivity contribution in [3.05, 3.63) is 53.8 Å². The molecule has 1 amide bonds. The van der Waals surface area contributed by atoms with Crippen LogP contribution in [0.2, 0.25) is 0 Å². The van der Waals surface area contributed by atoms with Crippen LogP contribution in [0.1, 0.15) is 30.9 Å². The van der Waals surface area contributed by atoms with Crippen molar-refractivity contribution in [1.82, 2.24) is 4.90 Å². The highest BCUT2D eigenvalue weighted by atomic mass is 32.2. The van der Waals surface area contributed by atoms with Gasteiger partial charge in [0.05, 0.1) is 25.0 Å². The molecule has 1 atom stereocenters. The van der Waals surface area contributed by atoms with Gasteiger partial charge >= 0.3 is 0 Å². The highest BCUT2D eigenvalue weighted by Gasteiger charge is 2.30. The molecule has 0 N–H and O–H groups in total. The van der Waals surface area contributed by atoms with E-state index in [2.05, 4.69) is 0 Å². The summed E-state index contributed by atoms with van der Waals surface area (Å²) in [4.78, 5) is 15.6. The fourth-order valence-electron chi connectivity index (χ4n) is 3.56. The van der Waals surface area contributed by atoms with Gasteiger partial charge < -0.3 is 14.4 Å². The predicted octanol–water partition coefficient (Wildman–Crippen LogP) is 4.44. The van der Waals surface area contributed by atoms with Crippen LogP contribution < -0.4 is 9.47 Å². The van der Waals surface area contributed by atoms with E-state index in [-0.39, 0.29) is 17.8 Å². The van der Waals surface area contributed by atoms with Crippen molar-refractivity contribution in [1.29, 1.82) is 0 Å². The molecule has 1 unspecified atom stereocenters. The Hall–Kier alpha value is -2.21. The highest BCUT2D eigenvalue weighted by molar-refractivity contribution is 8.00. The lowest BCUT2D eigenvalue weighted by Crippen LogP contribution is -2.32. The molecule has 2 aliphatic rings. The molecule has 4 rings (SSSR count). The average molecular weight is 387 g/mol. The molecule has 6 heteroatoms. The fourth-order valence-corrected chi connectivity index (χ4v) is 4.34. The van der Waals surface area contributed by atoms with E-state index >= 15 is 0 Å². The zero-order valence-corrected chi connectivity index (χ0v) is 15.8. The van der Waals surface area contributed by atoms with Gasteiger partial charge in [-0.25, -0.2) is 4.39 Å². The number of likely N-dealkylation sites (tertiary alicyclic amines) is 1. The van der Waals surface area contributed by atoms with Crippen molar-refractivity contribution in [2.24, 2.45) is 0 Å². The van der Waals surface area contributed by atoms with Gasteiger partial charge in [-0.05, 0) is 54.8 Å². The zero-order chi connectivity index (χ0) is 18.6. The largest absolute Gasteiger partial charge is 0.490 e. The van der Waals surface area contributed by atoms with Crippen LogP contribution in [0.5, 0.6) is 11.5 Å². The van der Waals surface area contributed by atoms with E-state index in [1.807, 2.05) is 23.1 Å². The van der Waals surface area contributed by atoms with E-state index < -0.39 is 0 Å². The van der Waals surface area contributed by atoms with Gasteiger partial charge in [0.15, 0.2) is 11.5 Å². The molecule has 27 heavy (non-hydrogen) atoms. The van der Waals surface area contributed by atoms with Crippen LogP contribution in [0.4, 0.5) is 4.39 Å². The van der Waals surface area contributed by atoms with Crippen molar-refractivity contribution in [2.45, 2.75) is 30.2 Å². The summed E-state index contributed by atoms with van der Waals surface area (Å²) in [7, 11) is 0. The van der Waals surface area contributed by atoms with Gasteiger partial charge in [-0.15, -0.1) is 11.8 Å². The summed E-state index contributed by atoms with van der Waals surface area (Å²) in [5.41, 5.74) is 1.09. The number of ether oxygens (including phenoxy) is 2. The topological polar surface area (TPSA) is 38.8 Å². The van der Waals surface area contributed by atoms with Crippen molar-refractivity contribution in [3.63, 3.8) is 0 Å². The number of hydrogen-bond acceptors (Lipinski definition) is 4. The number of amides is 1. The monoisotopic (exact) mass is 387 g/mol. The molecule has 2 aromatic rings. The first-order chi connectivity index (χ1) is 13.2. The van der Waals surface area contributed by atoms with E-state index in [9.17, 15) is 9.18 Å². The Bertz CT molecular complexity index is 812. The number of nitrogens with zero attached hydrogens (tertiary/aromatic N) is 1. The molecule has 2 heterocycles. The van der Waals surface area contributed by atoms with E-state index in [1.165, 1.54) is 23.9 Å². The zero-order valence-electron chi connectivity index (χ0n) is 15.0. The quantitative estimate of drug-likeness (QED) is 0.727. The second-order valence-electron chi connectivity index (χ2n) is 6.74. The number of fused-ring (bicyclic) bond motifs is 1. The summed E-state index contributed by atoms with van der Waals surface area (Å²) in [6.45, 7) is 2.08. The Labute approximate surface area is 162 Å². The van der Waals surface area contributed by atoms with Gasteiger partial charge in [0.2, 0.25) is 5.91 Å². The van der Waals surface area contributed by atoms with Crippen LogP contribution in [0.25, 0.3) is 0 Å². The number of rotatable bonds is 4. The van der Waals surface area contributed by atoms with Crippen LogP contribution in [-0.4, -0.2) is 36.3 Å². The van der Waals surface area contributed by atoms with Crippen LogP contribution in [0.15, 0.2) is 47.4 Å². The number of carbonyl (C=O) groups excluding carboxylic acids is 1. The fraction of sp³-hybridized carbons (Fsp3) is 0.381. The maximum Gasteiger partial charge on any atom is 0.233 e. The van der Waals surface area contributed by atoms with Crippen LogP contribution in [-0.2, 0) is 4.79 Å². The molecular formula is C21H22FNO3S. The van der Waals surface area contributed by atoms with Crippen LogP contribution in [0.3, 0.4) is 0 Å². The van der Waals surface area contributed by atoms with E-state index in [1.54, 1.807) is 12.1 Å². The van der Waals surface area contributed by atoms with Gasteiger partial charge in [0, 0.05) is 17.9 Å². The maximum absolute atomic E-state index is 13.0. The molecule has 1 saturated heterocycles. The smallest absolute Gasteiger partial charge is 0.233 e.